The molecule has 0 radical (unpaired) electrons. The molecule has 0 heterocycles. The Morgan fingerprint density at radius 1 is 1.37 bits per heavy atom. The van der Waals surface area contributed by atoms with Crippen molar-refractivity contribution >= 4 is 11.8 Å². The number of rotatable bonds is 5. The van der Waals surface area contributed by atoms with E-state index in [1.54, 1.807) is 0 Å². The molecule has 8 nitrogen and oxygen atoms in total. The van der Waals surface area contributed by atoms with E-state index in [9.17, 15) is 25.3 Å². The predicted octanol–water partition coefficient (Wildman–Crippen LogP) is 4.33. The molecule has 0 aliphatic heterocycles. The quantitative estimate of drug-likeness (QED) is 0.605. The van der Waals surface area contributed by atoms with Gasteiger partial charge in [0.25, 0.3) is 5.69 Å². The maximum Gasteiger partial charge on any atom is 0.408 e. The molecule has 2 rings (SSSR count). The van der Waals surface area contributed by atoms with Gasteiger partial charge in [0.05, 0.1) is 10.5 Å². The van der Waals surface area contributed by atoms with Gasteiger partial charge in [-0.3, -0.25) is 15.0 Å². The van der Waals surface area contributed by atoms with E-state index in [2.05, 4.69) is 0 Å². The van der Waals surface area contributed by atoms with E-state index >= 15 is 0 Å². The third kappa shape index (κ3) is 4.30. The summed E-state index contributed by atoms with van der Waals surface area (Å²) in [7, 11) is 0. The van der Waals surface area contributed by atoms with E-state index in [0.717, 1.165) is 19.3 Å². The number of amides is 1. The lowest BCUT2D eigenvalue weighted by Gasteiger charge is -2.50. The van der Waals surface area contributed by atoms with Crippen LogP contribution in [0.3, 0.4) is 0 Å². The van der Waals surface area contributed by atoms with E-state index in [0.29, 0.717) is 12.8 Å². The van der Waals surface area contributed by atoms with Gasteiger partial charge in [0, 0.05) is 11.6 Å². The highest BCUT2D eigenvalue weighted by molar-refractivity contribution is 5.67. The monoisotopic (exact) mass is 375 g/mol. The minimum Gasteiger partial charge on any atom is -0.489 e. The highest BCUT2D eigenvalue weighted by atomic mass is 16.6. The van der Waals surface area contributed by atoms with Crippen LogP contribution in [-0.4, -0.2) is 38.7 Å². The summed E-state index contributed by atoms with van der Waals surface area (Å²) in [4.78, 5) is 24.0. The third-order valence-corrected chi connectivity index (χ3v) is 4.93. The Balaban J connectivity index is 2.39. The number of carboxylic acid groups (broad SMARTS) is 1. The number of carbonyl (C=O) groups is 1. The van der Waals surface area contributed by atoms with E-state index in [4.69, 9.17) is 4.74 Å². The number of nitrogens with zero attached hydrogens (tertiary/aromatic N) is 3. The molecule has 1 fully saturated rings. The number of nitriles is 1. The topological polar surface area (TPSA) is 117 Å². The molecular weight excluding hydrogens is 350 g/mol. The van der Waals surface area contributed by atoms with Gasteiger partial charge in [0.15, 0.2) is 5.56 Å². The number of benzene rings is 1. The summed E-state index contributed by atoms with van der Waals surface area (Å²) in [5, 5.41) is 30.4. The van der Waals surface area contributed by atoms with Crippen molar-refractivity contribution in [3.63, 3.8) is 0 Å². The fourth-order valence-corrected chi connectivity index (χ4v) is 3.96. The van der Waals surface area contributed by atoms with Gasteiger partial charge in [-0.15, -0.1) is 0 Å². The second kappa shape index (κ2) is 7.82. The Morgan fingerprint density at radius 2 is 2.00 bits per heavy atom. The van der Waals surface area contributed by atoms with Gasteiger partial charge in [0.2, 0.25) is 0 Å². The maximum atomic E-state index is 12.1. The Kier molecular flexibility index (Phi) is 5.94. The second-order valence-corrected chi connectivity index (χ2v) is 7.88. The molecule has 1 amide bonds. The highest BCUT2D eigenvalue weighted by Crippen LogP contribution is 2.39. The van der Waals surface area contributed by atoms with Crippen LogP contribution < -0.4 is 4.74 Å². The lowest BCUT2D eigenvalue weighted by atomic mass is 9.78. The fraction of sp³-hybridized carbons (Fsp3) is 0.579. The molecule has 8 heteroatoms. The van der Waals surface area contributed by atoms with Crippen molar-refractivity contribution in [3.05, 3.63) is 33.9 Å². The van der Waals surface area contributed by atoms with E-state index < -0.39 is 22.1 Å². The maximum absolute atomic E-state index is 12.1. The molecule has 1 aliphatic carbocycles. The molecule has 146 valence electrons. The van der Waals surface area contributed by atoms with Gasteiger partial charge in [-0.1, -0.05) is 25.3 Å². The molecule has 0 spiro atoms. The van der Waals surface area contributed by atoms with Crippen LogP contribution in [0.1, 0.15) is 58.4 Å². The summed E-state index contributed by atoms with van der Waals surface area (Å²) >= 11 is 0. The Bertz CT molecular complexity index is 758. The number of ether oxygens (including phenoxy) is 1. The Morgan fingerprint density at radius 3 is 2.48 bits per heavy atom. The van der Waals surface area contributed by atoms with Crippen LogP contribution in [-0.2, 0) is 0 Å². The van der Waals surface area contributed by atoms with Crippen molar-refractivity contribution in [1.82, 2.24) is 4.90 Å². The van der Waals surface area contributed by atoms with Crippen molar-refractivity contribution in [1.29, 1.82) is 5.26 Å². The smallest absolute Gasteiger partial charge is 0.408 e. The van der Waals surface area contributed by atoms with Crippen molar-refractivity contribution in [2.45, 2.75) is 64.0 Å². The van der Waals surface area contributed by atoms with Crippen LogP contribution in [0.4, 0.5) is 10.5 Å². The SMILES string of the molecule is CC(C)(C)N(C(=O)O)C1(COc2cccc([N+](=O)[O-])c2C#N)CCCCC1. The molecule has 1 aromatic carbocycles. The van der Waals surface area contributed by atoms with Gasteiger partial charge in [-0.2, -0.15) is 5.26 Å². The summed E-state index contributed by atoms with van der Waals surface area (Å²) in [5.41, 5.74) is -1.84. The number of nitro groups is 1. The second-order valence-electron chi connectivity index (χ2n) is 7.88. The molecular formula is C19H25N3O5. The van der Waals surface area contributed by atoms with Crippen molar-refractivity contribution in [2.75, 3.05) is 6.61 Å². The molecule has 0 unspecified atom stereocenters. The van der Waals surface area contributed by atoms with Gasteiger partial charge < -0.3 is 9.84 Å². The summed E-state index contributed by atoms with van der Waals surface area (Å²) in [5.74, 6) is 0.107. The highest BCUT2D eigenvalue weighted by Gasteiger charge is 2.46. The first kappa shape index (κ1) is 20.5. The molecule has 0 bridgehead atoms. The summed E-state index contributed by atoms with van der Waals surface area (Å²) in [6, 6.07) is 6.05. The molecule has 0 aromatic heterocycles. The first-order chi connectivity index (χ1) is 12.6. The third-order valence-electron chi connectivity index (χ3n) is 4.93. The molecule has 0 atom stereocenters. The molecule has 1 saturated carbocycles. The first-order valence-corrected chi connectivity index (χ1v) is 8.96. The Labute approximate surface area is 158 Å². The van der Waals surface area contributed by atoms with Crippen molar-refractivity contribution in [3.8, 4) is 11.8 Å². The number of hydrogen-bond donors (Lipinski definition) is 1. The van der Waals surface area contributed by atoms with Crippen molar-refractivity contribution in [2.24, 2.45) is 0 Å². The molecule has 27 heavy (non-hydrogen) atoms. The van der Waals surface area contributed by atoms with Crippen LogP contribution in [0, 0.1) is 21.4 Å². The summed E-state index contributed by atoms with van der Waals surface area (Å²) in [6.07, 6.45) is 3.06. The zero-order valence-electron chi connectivity index (χ0n) is 15.9. The lowest BCUT2D eigenvalue weighted by Crippen LogP contribution is -2.62. The molecule has 0 saturated heterocycles. The standard InChI is InChI=1S/C19H25N3O5/c1-18(2,3)21(17(23)24)19(10-5-4-6-11-19)13-27-16-9-7-8-15(22(25)26)14(16)12-20/h7-9H,4-6,10-11,13H2,1-3H3,(H,23,24). The fourth-order valence-electron chi connectivity index (χ4n) is 3.96. The van der Waals surface area contributed by atoms with Gasteiger partial charge in [-0.25, -0.2) is 4.79 Å². The zero-order valence-corrected chi connectivity index (χ0v) is 15.9. The minimum atomic E-state index is -1.02. The first-order valence-electron chi connectivity index (χ1n) is 8.96. The predicted molar refractivity (Wildman–Crippen MR) is 98.7 cm³/mol. The zero-order chi connectivity index (χ0) is 20.2. The van der Waals surface area contributed by atoms with Crippen LogP contribution in [0.2, 0.25) is 0 Å². The average Bonchev–Trinajstić information content (AvgIpc) is 2.58. The van der Waals surface area contributed by atoms with Gasteiger partial charge >= 0.3 is 6.09 Å². The molecule has 1 N–H and O–H groups in total. The van der Waals surface area contributed by atoms with Crippen LogP contribution in [0.5, 0.6) is 5.75 Å². The van der Waals surface area contributed by atoms with E-state index in [-0.39, 0.29) is 23.6 Å². The molecule has 1 aliphatic rings. The van der Waals surface area contributed by atoms with E-state index in [1.807, 2.05) is 26.8 Å². The number of hydrogen-bond acceptors (Lipinski definition) is 5. The van der Waals surface area contributed by atoms with E-state index in [1.165, 1.54) is 23.1 Å². The van der Waals surface area contributed by atoms with Crippen molar-refractivity contribution < 1.29 is 19.6 Å². The van der Waals surface area contributed by atoms with Crippen LogP contribution in [0.15, 0.2) is 18.2 Å². The average molecular weight is 375 g/mol. The van der Waals surface area contributed by atoms with Crippen LogP contribution in [0.25, 0.3) is 0 Å². The molecule has 1 aromatic rings. The largest absolute Gasteiger partial charge is 0.489 e. The Hall–Kier alpha value is -2.82. The summed E-state index contributed by atoms with van der Waals surface area (Å²) in [6.45, 7) is 5.56. The van der Waals surface area contributed by atoms with Gasteiger partial charge in [-0.05, 0) is 39.7 Å². The van der Waals surface area contributed by atoms with Crippen LogP contribution >= 0.6 is 0 Å². The lowest BCUT2D eigenvalue weighted by molar-refractivity contribution is -0.385. The summed E-state index contributed by atoms with van der Waals surface area (Å²) < 4.78 is 5.86. The normalized spacial score (nSPS) is 16.2. The number of nitro benzene ring substituents is 1. The van der Waals surface area contributed by atoms with Gasteiger partial charge in [0.1, 0.15) is 18.4 Å². The minimum absolute atomic E-state index is 0.0480.